The first kappa shape index (κ1) is 8.48. The summed E-state index contributed by atoms with van der Waals surface area (Å²) in [4.78, 5) is 18.7. The van der Waals surface area contributed by atoms with Gasteiger partial charge in [0.2, 0.25) is 0 Å². The van der Waals surface area contributed by atoms with Crippen molar-refractivity contribution in [2.45, 2.75) is 39.0 Å². The van der Waals surface area contributed by atoms with Crippen molar-refractivity contribution in [3.05, 3.63) is 27.4 Å². The van der Waals surface area contributed by atoms with Gasteiger partial charge in [-0.3, -0.25) is 9.78 Å². The van der Waals surface area contributed by atoms with Crippen molar-refractivity contribution in [2.24, 2.45) is 0 Å². The van der Waals surface area contributed by atoms with Gasteiger partial charge in [-0.05, 0) is 32.1 Å². The van der Waals surface area contributed by atoms with Gasteiger partial charge in [0.15, 0.2) is 0 Å². The number of aryl methyl sites for hydroxylation is 3. The SMILES string of the molecule is CCc1nc2c([nH]c1=O)CCCC2. The molecule has 13 heavy (non-hydrogen) atoms. The van der Waals surface area contributed by atoms with Crippen molar-refractivity contribution >= 4 is 0 Å². The summed E-state index contributed by atoms with van der Waals surface area (Å²) in [7, 11) is 0. The van der Waals surface area contributed by atoms with E-state index in [1.807, 2.05) is 6.92 Å². The minimum Gasteiger partial charge on any atom is -0.323 e. The van der Waals surface area contributed by atoms with Crippen LogP contribution in [0.1, 0.15) is 36.8 Å². The van der Waals surface area contributed by atoms with Gasteiger partial charge in [-0.25, -0.2) is 0 Å². The molecule has 0 spiro atoms. The Balaban J connectivity index is 2.51. The molecule has 0 bridgehead atoms. The molecule has 3 heteroatoms. The molecular weight excluding hydrogens is 164 g/mol. The number of hydrogen-bond donors (Lipinski definition) is 1. The van der Waals surface area contributed by atoms with Crippen LogP contribution in [-0.2, 0) is 19.3 Å². The Morgan fingerprint density at radius 2 is 2.15 bits per heavy atom. The van der Waals surface area contributed by atoms with Gasteiger partial charge in [0.1, 0.15) is 5.69 Å². The number of nitrogens with zero attached hydrogens (tertiary/aromatic N) is 1. The molecule has 1 aromatic rings. The fraction of sp³-hybridized carbons (Fsp3) is 0.600. The summed E-state index contributed by atoms with van der Waals surface area (Å²) in [5, 5.41) is 0. The van der Waals surface area contributed by atoms with E-state index in [1.165, 1.54) is 12.8 Å². The summed E-state index contributed by atoms with van der Waals surface area (Å²) >= 11 is 0. The third-order valence-electron chi connectivity index (χ3n) is 2.57. The van der Waals surface area contributed by atoms with E-state index in [0.29, 0.717) is 5.69 Å². The molecule has 0 aromatic carbocycles. The van der Waals surface area contributed by atoms with E-state index >= 15 is 0 Å². The van der Waals surface area contributed by atoms with Crippen molar-refractivity contribution in [3.63, 3.8) is 0 Å². The van der Waals surface area contributed by atoms with Gasteiger partial charge in [-0.1, -0.05) is 6.92 Å². The maximum absolute atomic E-state index is 11.4. The Bertz CT molecular complexity index is 368. The number of nitrogens with one attached hydrogen (secondary N) is 1. The van der Waals surface area contributed by atoms with E-state index in [2.05, 4.69) is 9.97 Å². The van der Waals surface area contributed by atoms with Crippen LogP contribution in [0.4, 0.5) is 0 Å². The molecule has 70 valence electrons. The molecule has 0 saturated carbocycles. The molecule has 0 radical (unpaired) electrons. The highest BCUT2D eigenvalue weighted by Gasteiger charge is 2.12. The van der Waals surface area contributed by atoms with Crippen molar-refractivity contribution in [1.82, 2.24) is 9.97 Å². The van der Waals surface area contributed by atoms with E-state index in [-0.39, 0.29) is 5.56 Å². The van der Waals surface area contributed by atoms with Crippen LogP contribution in [0.25, 0.3) is 0 Å². The van der Waals surface area contributed by atoms with E-state index < -0.39 is 0 Å². The maximum atomic E-state index is 11.4. The zero-order valence-corrected chi connectivity index (χ0v) is 7.89. The standard InChI is InChI=1S/C10H14N2O/c1-2-7-10(13)12-9-6-4-3-5-8(9)11-7/h2-6H2,1H3,(H,12,13). The van der Waals surface area contributed by atoms with Crippen LogP contribution in [0.5, 0.6) is 0 Å². The summed E-state index contributed by atoms with van der Waals surface area (Å²) in [6.45, 7) is 1.97. The number of hydrogen-bond acceptors (Lipinski definition) is 2. The first-order valence-corrected chi connectivity index (χ1v) is 4.92. The smallest absolute Gasteiger partial charge is 0.269 e. The molecule has 1 aromatic heterocycles. The Labute approximate surface area is 77.2 Å². The topological polar surface area (TPSA) is 45.8 Å². The summed E-state index contributed by atoms with van der Waals surface area (Å²) in [6, 6.07) is 0. The van der Waals surface area contributed by atoms with Crippen LogP contribution in [0, 0.1) is 0 Å². The van der Waals surface area contributed by atoms with Crippen molar-refractivity contribution in [1.29, 1.82) is 0 Å². The molecule has 1 heterocycles. The largest absolute Gasteiger partial charge is 0.323 e. The molecule has 0 amide bonds. The number of aromatic nitrogens is 2. The predicted molar refractivity (Wildman–Crippen MR) is 50.9 cm³/mol. The lowest BCUT2D eigenvalue weighted by molar-refractivity contribution is 0.639. The highest BCUT2D eigenvalue weighted by Crippen LogP contribution is 2.15. The molecule has 1 N–H and O–H groups in total. The van der Waals surface area contributed by atoms with Crippen LogP contribution in [-0.4, -0.2) is 9.97 Å². The van der Waals surface area contributed by atoms with Crippen LogP contribution in [0.3, 0.4) is 0 Å². The lowest BCUT2D eigenvalue weighted by atomic mass is 10.0. The zero-order chi connectivity index (χ0) is 9.26. The summed E-state index contributed by atoms with van der Waals surface area (Å²) in [6.07, 6.45) is 5.12. The zero-order valence-electron chi connectivity index (χ0n) is 7.89. The average Bonchev–Trinajstić information content (AvgIpc) is 2.17. The second-order valence-corrected chi connectivity index (χ2v) is 3.50. The highest BCUT2D eigenvalue weighted by molar-refractivity contribution is 5.16. The normalized spacial score (nSPS) is 15.5. The lowest BCUT2D eigenvalue weighted by Gasteiger charge is -2.14. The Hall–Kier alpha value is -1.12. The van der Waals surface area contributed by atoms with Crippen LogP contribution in [0.2, 0.25) is 0 Å². The fourth-order valence-electron chi connectivity index (χ4n) is 1.81. The number of fused-ring (bicyclic) bond motifs is 1. The summed E-state index contributed by atoms with van der Waals surface area (Å²) < 4.78 is 0. The second-order valence-electron chi connectivity index (χ2n) is 3.50. The number of aromatic amines is 1. The maximum Gasteiger partial charge on any atom is 0.269 e. The summed E-state index contributed by atoms with van der Waals surface area (Å²) in [5.74, 6) is 0. The molecule has 2 rings (SSSR count). The van der Waals surface area contributed by atoms with Crippen LogP contribution >= 0.6 is 0 Å². The molecular formula is C10H14N2O. The van der Waals surface area contributed by atoms with E-state index in [4.69, 9.17) is 0 Å². The monoisotopic (exact) mass is 178 g/mol. The predicted octanol–water partition coefficient (Wildman–Crippen LogP) is 1.21. The van der Waals surface area contributed by atoms with Gasteiger partial charge in [0.25, 0.3) is 5.56 Å². The highest BCUT2D eigenvalue weighted by atomic mass is 16.1. The Morgan fingerprint density at radius 3 is 2.92 bits per heavy atom. The van der Waals surface area contributed by atoms with Gasteiger partial charge >= 0.3 is 0 Å². The van der Waals surface area contributed by atoms with Gasteiger partial charge in [-0.2, -0.15) is 0 Å². The van der Waals surface area contributed by atoms with E-state index in [1.54, 1.807) is 0 Å². The van der Waals surface area contributed by atoms with E-state index in [0.717, 1.165) is 30.7 Å². The van der Waals surface area contributed by atoms with Crippen molar-refractivity contribution in [2.75, 3.05) is 0 Å². The van der Waals surface area contributed by atoms with Crippen molar-refractivity contribution in [3.8, 4) is 0 Å². The minimum atomic E-state index is 0.00292. The Morgan fingerprint density at radius 1 is 1.38 bits per heavy atom. The molecule has 1 aliphatic carbocycles. The summed E-state index contributed by atoms with van der Waals surface area (Å²) in [5.41, 5.74) is 2.86. The average molecular weight is 178 g/mol. The van der Waals surface area contributed by atoms with Gasteiger partial charge in [-0.15, -0.1) is 0 Å². The number of H-pyrrole nitrogens is 1. The molecule has 0 atom stereocenters. The molecule has 3 nitrogen and oxygen atoms in total. The molecule has 0 unspecified atom stereocenters. The lowest BCUT2D eigenvalue weighted by Crippen LogP contribution is -2.21. The fourth-order valence-corrected chi connectivity index (χ4v) is 1.81. The van der Waals surface area contributed by atoms with E-state index in [9.17, 15) is 4.79 Å². The van der Waals surface area contributed by atoms with Crippen LogP contribution < -0.4 is 5.56 Å². The Kier molecular flexibility index (Phi) is 2.17. The quantitative estimate of drug-likeness (QED) is 0.702. The third kappa shape index (κ3) is 1.50. The second kappa shape index (κ2) is 3.32. The van der Waals surface area contributed by atoms with Gasteiger partial charge in [0, 0.05) is 5.69 Å². The first-order valence-electron chi connectivity index (χ1n) is 4.92. The molecule has 0 aliphatic heterocycles. The van der Waals surface area contributed by atoms with Crippen molar-refractivity contribution < 1.29 is 0 Å². The number of rotatable bonds is 1. The third-order valence-corrected chi connectivity index (χ3v) is 2.57. The molecule has 1 aliphatic rings. The van der Waals surface area contributed by atoms with Crippen LogP contribution in [0.15, 0.2) is 4.79 Å². The van der Waals surface area contributed by atoms with Gasteiger partial charge < -0.3 is 4.98 Å². The van der Waals surface area contributed by atoms with Gasteiger partial charge in [0.05, 0.1) is 5.69 Å². The first-order chi connectivity index (χ1) is 6.31. The molecule has 0 fully saturated rings. The molecule has 0 saturated heterocycles. The minimum absolute atomic E-state index is 0.00292.